The molecule has 3 rings (SSSR count). The summed E-state index contributed by atoms with van der Waals surface area (Å²) in [6.07, 6.45) is -8.75. The van der Waals surface area contributed by atoms with Crippen molar-refractivity contribution in [2.75, 3.05) is 13.2 Å². The van der Waals surface area contributed by atoms with E-state index in [1.165, 1.54) is 0 Å². The summed E-state index contributed by atoms with van der Waals surface area (Å²) in [7, 11) is 0. The van der Waals surface area contributed by atoms with Gasteiger partial charge in [0, 0.05) is 0 Å². The number of carbonyl (C=O) groups excluding carboxylic acids is 2. The van der Waals surface area contributed by atoms with E-state index in [1.807, 2.05) is 5.32 Å². The standard InChI is InChI=1S/C14H18FIN2O9/c15-14(25)10(22)8(4-20)27-12(14)18(2-5(16)11(23)17-13(18)24)9-1-6(21)7(3-19)26-9/h2,6-10,12,19-22,25H,1,3-4H2/p+1/t6-,7+,8+,9+,10+,12?,14-,18?/m0/s1. The zero-order valence-corrected chi connectivity index (χ0v) is 15.9. The van der Waals surface area contributed by atoms with Gasteiger partial charge in [-0.2, -0.15) is 8.87 Å². The van der Waals surface area contributed by atoms with E-state index < -0.39 is 72.4 Å². The molecule has 0 aromatic carbocycles. The highest BCUT2D eigenvalue weighted by atomic mass is 127. The van der Waals surface area contributed by atoms with E-state index in [0.717, 1.165) is 6.20 Å². The maximum Gasteiger partial charge on any atom is 0.432 e. The minimum absolute atomic E-state index is 0.0564. The van der Waals surface area contributed by atoms with Crippen molar-refractivity contribution in [3.05, 3.63) is 9.78 Å². The number of nitrogens with zero attached hydrogens (tertiary/aromatic N) is 1. The Hall–Kier alpha value is -0.780. The van der Waals surface area contributed by atoms with Crippen LogP contribution in [0.1, 0.15) is 6.42 Å². The molecular formula is C14H19FIN2O9+. The number of amides is 3. The molecule has 0 aromatic rings. The molecule has 3 amide bonds. The van der Waals surface area contributed by atoms with Crippen molar-refractivity contribution in [2.24, 2.45) is 0 Å². The lowest BCUT2D eigenvalue weighted by Crippen LogP contribution is -2.72. The number of urea groups is 1. The summed E-state index contributed by atoms with van der Waals surface area (Å²) >= 11 is 1.58. The molecule has 0 saturated carbocycles. The minimum atomic E-state index is -3.50. The van der Waals surface area contributed by atoms with Crippen molar-refractivity contribution in [1.82, 2.24) is 5.32 Å². The van der Waals surface area contributed by atoms with Gasteiger partial charge in [-0.05, 0) is 22.6 Å². The molecule has 13 heteroatoms. The molecule has 0 spiro atoms. The summed E-state index contributed by atoms with van der Waals surface area (Å²) in [5.74, 6) is -4.27. The third-order valence-electron chi connectivity index (χ3n) is 4.96. The van der Waals surface area contributed by atoms with E-state index in [4.69, 9.17) is 9.47 Å². The molecule has 27 heavy (non-hydrogen) atoms. The summed E-state index contributed by atoms with van der Waals surface area (Å²) < 4.78 is 24.5. The van der Waals surface area contributed by atoms with Gasteiger partial charge >= 0.3 is 11.9 Å². The fourth-order valence-electron chi connectivity index (χ4n) is 3.53. The second kappa shape index (κ2) is 7.23. The molecular weight excluding hydrogens is 486 g/mol. The third kappa shape index (κ3) is 3.10. The number of imide groups is 1. The van der Waals surface area contributed by atoms with Crippen molar-refractivity contribution >= 4 is 34.5 Å². The highest BCUT2D eigenvalue weighted by molar-refractivity contribution is 14.1. The van der Waals surface area contributed by atoms with Crippen LogP contribution in [0.4, 0.5) is 9.18 Å². The molecule has 0 radical (unpaired) electrons. The number of halogens is 2. The summed E-state index contributed by atoms with van der Waals surface area (Å²) in [6.45, 7) is -1.44. The summed E-state index contributed by atoms with van der Waals surface area (Å²) in [6, 6.07) is -1.12. The van der Waals surface area contributed by atoms with Crippen LogP contribution in [0.2, 0.25) is 0 Å². The van der Waals surface area contributed by atoms with E-state index in [2.05, 4.69) is 0 Å². The van der Waals surface area contributed by atoms with Crippen LogP contribution >= 0.6 is 22.6 Å². The van der Waals surface area contributed by atoms with Gasteiger partial charge in [0.25, 0.3) is 12.1 Å². The van der Waals surface area contributed by atoms with E-state index in [1.54, 1.807) is 22.6 Å². The first-order chi connectivity index (χ1) is 12.6. The molecule has 152 valence electrons. The van der Waals surface area contributed by atoms with Crippen LogP contribution in [0.25, 0.3) is 0 Å². The predicted molar refractivity (Wildman–Crippen MR) is 90.1 cm³/mol. The second-order valence-corrected chi connectivity index (χ2v) is 7.73. The zero-order chi connectivity index (χ0) is 20.1. The van der Waals surface area contributed by atoms with Gasteiger partial charge in [-0.1, -0.05) is 0 Å². The lowest BCUT2D eigenvalue weighted by atomic mass is 10.1. The van der Waals surface area contributed by atoms with Crippen LogP contribution in [0.5, 0.6) is 0 Å². The molecule has 0 aliphatic carbocycles. The second-order valence-electron chi connectivity index (χ2n) is 6.57. The molecule has 2 saturated heterocycles. The number of ether oxygens (including phenoxy) is 2. The van der Waals surface area contributed by atoms with Crippen molar-refractivity contribution < 1.29 is 53.5 Å². The van der Waals surface area contributed by atoms with Gasteiger partial charge in [0.2, 0.25) is 6.23 Å². The average Bonchev–Trinajstić information content (AvgIpc) is 3.10. The van der Waals surface area contributed by atoms with E-state index >= 15 is 4.39 Å². The summed E-state index contributed by atoms with van der Waals surface area (Å²) in [5, 5.41) is 50.8. The Kier molecular flexibility index (Phi) is 5.61. The third-order valence-corrected chi connectivity index (χ3v) is 5.73. The van der Waals surface area contributed by atoms with Crippen molar-refractivity contribution in [3.8, 4) is 0 Å². The van der Waals surface area contributed by atoms with Crippen LogP contribution in [-0.4, -0.2) is 97.9 Å². The number of hydrogen-bond acceptors (Lipinski definition) is 9. The first-order valence-electron chi connectivity index (χ1n) is 8.02. The highest BCUT2D eigenvalue weighted by Gasteiger charge is 2.71. The number of hydrogen-bond donors (Lipinski definition) is 6. The lowest BCUT2D eigenvalue weighted by molar-refractivity contribution is -0.907. The Balaban J connectivity index is 2.12. The Bertz CT molecular complexity index is 677. The number of aliphatic hydroxyl groups is 5. The highest BCUT2D eigenvalue weighted by Crippen LogP contribution is 2.45. The topological polar surface area (TPSA) is 166 Å². The number of rotatable bonds is 4. The van der Waals surface area contributed by atoms with Gasteiger partial charge in [-0.25, -0.2) is 10.1 Å². The Morgan fingerprint density at radius 2 is 1.89 bits per heavy atom. The van der Waals surface area contributed by atoms with Crippen LogP contribution in [-0.2, 0) is 14.3 Å². The summed E-state index contributed by atoms with van der Waals surface area (Å²) in [5.41, 5.74) is 0. The average molecular weight is 505 g/mol. The maximum absolute atomic E-state index is 15.1. The predicted octanol–water partition coefficient (Wildman–Crippen LogP) is -2.47. The SMILES string of the molecule is O=C1NC(=O)[N+](C2O[C@H](CO)[C@@H](O)[C@@]2(O)F)([C@H]2C[C@H](O)[C@@H](CO)O2)C=C1I. The van der Waals surface area contributed by atoms with Crippen LogP contribution in [0.3, 0.4) is 0 Å². The Morgan fingerprint density at radius 1 is 1.26 bits per heavy atom. The van der Waals surface area contributed by atoms with Gasteiger partial charge in [0.15, 0.2) is 6.10 Å². The lowest BCUT2D eigenvalue weighted by Gasteiger charge is -2.43. The molecule has 6 N–H and O–H groups in total. The molecule has 2 unspecified atom stereocenters. The normalized spacial score (nSPS) is 47.9. The van der Waals surface area contributed by atoms with Crippen LogP contribution in [0, 0.1) is 0 Å². The van der Waals surface area contributed by atoms with Gasteiger partial charge in [-0.3, -0.25) is 4.79 Å². The number of nitrogens with one attached hydrogen (secondary N) is 1. The van der Waals surface area contributed by atoms with Gasteiger partial charge in [0.1, 0.15) is 22.0 Å². The molecule has 3 heterocycles. The zero-order valence-electron chi connectivity index (χ0n) is 13.7. The van der Waals surface area contributed by atoms with E-state index in [0.29, 0.717) is 0 Å². The maximum atomic E-state index is 15.1. The molecule has 2 fully saturated rings. The number of quaternary nitrogens is 1. The molecule has 8 atom stereocenters. The fraction of sp³-hybridized carbons (Fsp3) is 0.714. The monoisotopic (exact) mass is 505 g/mol. The van der Waals surface area contributed by atoms with E-state index in [-0.39, 0.29) is 10.0 Å². The molecule has 0 bridgehead atoms. The smallest absolute Gasteiger partial charge is 0.394 e. The van der Waals surface area contributed by atoms with Gasteiger partial charge in [-0.15, -0.1) is 0 Å². The summed E-state index contributed by atoms with van der Waals surface area (Å²) in [4.78, 5) is 24.6. The number of carbonyl (C=O) groups is 2. The fourth-order valence-corrected chi connectivity index (χ4v) is 4.12. The molecule has 3 aliphatic rings. The van der Waals surface area contributed by atoms with Gasteiger partial charge < -0.3 is 35.0 Å². The van der Waals surface area contributed by atoms with E-state index in [9.17, 15) is 35.1 Å². The first-order valence-corrected chi connectivity index (χ1v) is 9.09. The molecule has 11 nitrogen and oxygen atoms in total. The molecule has 0 aromatic heterocycles. The van der Waals surface area contributed by atoms with Crippen molar-refractivity contribution in [3.63, 3.8) is 0 Å². The first kappa shape index (κ1) is 20.9. The quantitative estimate of drug-likeness (QED) is 0.180. The largest absolute Gasteiger partial charge is 0.432 e. The van der Waals surface area contributed by atoms with Crippen molar-refractivity contribution in [2.45, 2.75) is 49.1 Å². The van der Waals surface area contributed by atoms with Crippen molar-refractivity contribution in [1.29, 1.82) is 0 Å². The van der Waals surface area contributed by atoms with Crippen LogP contribution in [0.15, 0.2) is 9.78 Å². The molecule has 3 aliphatic heterocycles. The van der Waals surface area contributed by atoms with Gasteiger partial charge in [0.05, 0.1) is 25.7 Å². The Morgan fingerprint density at radius 3 is 2.41 bits per heavy atom. The number of alkyl halides is 1. The van der Waals surface area contributed by atoms with Crippen LogP contribution < -0.4 is 5.32 Å². The Labute approximate surface area is 165 Å². The number of aliphatic hydroxyl groups excluding tert-OH is 4. The minimum Gasteiger partial charge on any atom is -0.394 e.